The van der Waals surface area contributed by atoms with Crippen LogP contribution in [-0.4, -0.2) is 11.1 Å². The van der Waals surface area contributed by atoms with Gasteiger partial charge in [0.05, 0.1) is 0 Å². The summed E-state index contributed by atoms with van der Waals surface area (Å²) in [5.74, 6) is 1.58. The molecule has 1 N–H and O–H groups in total. The maximum Gasteiger partial charge on any atom is 0.303 e. The molecule has 1 fully saturated rings. The highest BCUT2D eigenvalue weighted by Crippen LogP contribution is 2.45. The molecule has 1 aliphatic rings. The lowest BCUT2D eigenvalue weighted by atomic mass is 10.0. The highest BCUT2D eigenvalue weighted by atomic mass is 16.4. The zero-order valence-corrected chi connectivity index (χ0v) is 19.8. The summed E-state index contributed by atoms with van der Waals surface area (Å²) >= 11 is 0. The zero-order valence-electron chi connectivity index (χ0n) is 19.8. The molecule has 0 aromatic rings. The Hall–Kier alpha value is -0.530. The van der Waals surface area contributed by atoms with Crippen LogP contribution in [0.3, 0.4) is 0 Å². The van der Waals surface area contributed by atoms with Crippen LogP contribution in [-0.2, 0) is 4.79 Å². The van der Waals surface area contributed by atoms with E-state index < -0.39 is 5.97 Å². The molecule has 1 aliphatic carbocycles. The van der Waals surface area contributed by atoms with Crippen molar-refractivity contribution in [2.45, 2.75) is 155 Å². The molecule has 0 amide bonds. The fourth-order valence-corrected chi connectivity index (χ4v) is 4.83. The number of hydrogen-bond acceptors (Lipinski definition) is 1. The van der Waals surface area contributed by atoms with Crippen LogP contribution in [0.4, 0.5) is 0 Å². The van der Waals surface area contributed by atoms with E-state index in [4.69, 9.17) is 5.11 Å². The molecule has 0 aromatic heterocycles. The van der Waals surface area contributed by atoms with Crippen LogP contribution in [0.5, 0.6) is 0 Å². The SMILES string of the molecule is CCCCCCC1CC1CCCCCCCCCCCCCCCCCC(=O)O. The largest absolute Gasteiger partial charge is 0.481 e. The Kier molecular flexibility index (Phi) is 17.8. The molecule has 0 spiro atoms. The molecule has 2 nitrogen and oxygen atoms in total. The molecule has 1 saturated carbocycles. The fourth-order valence-electron chi connectivity index (χ4n) is 4.83. The second-order valence-corrected chi connectivity index (χ2v) is 9.84. The first-order valence-corrected chi connectivity index (χ1v) is 13.5. The Morgan fingerprint density at radius 1 is 0.586 bits per heavy atom. The van der Waals surface area contributed by atoms with Crippen LogP contribution < -0.4 is 0 Å². The van der Waals surface area contributed by atoms with Crippen LogP contribution in [0.25, 0.3) is 0 Å². The van der Waals surface area contributed by atoms with Gasteiger partial charge in [-0.2, -0.15) is 0 Å². The summed E-state index contributed by atoms with van der Waals surface area (Å²) in [5.41, 5.74) is 0. The van der Waals surface area contributed by atoms with Gasteiger partial charge >= 0.3 is 5.97 Å². The van der Waals surface area contributed by atoms with Gasteiger partial charge in [0.15, 0.2) is 0 Å². The number of carbonyl (C=O) groups is 1. The minimum atomic E-state index is -0.648. The van der Waals surface area contributed by atoms with E-state index in [0.717, 1.165) is 24.7 Å². The van der Waals surface area contributed by atoms with E-state index >= 15 is 0 Å². The third kappa shape index (κ3) is 18.0. The molecule has 1 rings (SSSR count). The molecule has 2 unspecified atom stereocenters. The third-order valence-corrected chi connectivity index (χ3v) is 6.96. The summed E-state index contributed by atoms with van der Waals surface area (Å²) in [6.07, 6.45) is 30.9. The predicted molar refractivity (Wildman–Crippen MR) is 126 cm³/mol. The van der Waals surface area contributed by atoms with E-state index in [1.807, 2.05) is 0 Å². The number of unbranched alkanes of at least 4 members (excludes halogenated alkanes) is 17. The number of carboxylic acid groups (broad SMARTS) is 1. The van der Waals surface area contributed by atoms with Crippen molar-refractivity contribution >= 4 is 5.97 Å². The molecule has 0 bridgehead atoms. The van der Waals surface area contributed by atoms with Crippen molar-refractivity contribution in [1.82, 2.24) is 0 Å². The Morgan fingerprint density at radius 3 is 1.31 bits per heavy atom. The van der Waals surface area contributed by atoms with E-state index in [1.54, 1.807) is 6.42 Å². The summed E-state index contributed by atoms with van der Waals surface area (Å²) in [6, 6.07) is 0. The topological polar surface area (TPSA) is 37.3 Å². The van der Waals surface area contributed by atoms with Gasteiger partial charge in [-0.05, 0) is 24.7 Å². The van der Waals surface area contributed by atoms with Gasteiger partial charge in [-0.25, -0.2) is 0 Å². The molecule has 0 aromatic carbocycles. The molecule has 2 heteroatoms. The quantitative estimate of drug-likeness (QED) is 0.171. The minimum Gasteiger partial charge on any atom is -0.481 e. The lowest BCUT2D eigenvalue weighted by Crippen LogP contribution is -1.93. The minimum absolute atomic E-state index is 0.347. The maximum atomic E-state index is 10.4. The highest BCUT2D eigenvalue weighted by Gasteiger charge is 2.34. The fraction of sp³-hybridized carbons (Fsp3) is 0.963. The normalized spacial score (nSPS) is 18.2. The molecule has 0 aliphatic heterocycles. The molecule has 0 saturated heterocycles. The summed E-state index contributed by atoms with van der Waals surface area (Å²) in [5, 5.41) is 8.60. The van der Waals surface area contributed by atoms with E-state index in [9.17, 15) is 4.79 Å². The predicted octanol–water partition coefficient (Wildman–Crippen LogP) is 9.31. The van der Waals surface area contributed by atoms with Gasteiger partial charge in [-0.15, -0.1) is 0 Å². The van der Waals surface area contributed by atoms with Crippen molar-refractivity contribution < 1.29 is 9.90 Å². The molecule has 2 atom stereocenters. The van der Waals surface area contributed by atoms with Crippen molar-refractivity contribution in [3.05, 3.63) is 0 Å². The average molecular weight is 409 g/mol. The summed E-state index contributed by atoms with van der Waals surface area (Å²) in [6.45, 7) is 2.30. The second-order valence-electron chi connectivity index (χ2n) is 9.84. The zero-order chi connectivity index (χ0) is 21.0. The first-order chi connectivity index (χ1) is 14.2. The third-order valence-electron chi connectivity index (χ3n) is 6.96. The van der Waals surface area contributed by atoms with Crippen molar-refractivity contribution in [1.29, 1.82) is 0 Å². The van der Waals surface area contributed by atoms with Crippen LogP contribution in [0.15, 0.2) is 0 Å². The van der Waals surface area contributed by atoms with Gasteiger partial charge in [-0.1, -0.05) is 135 Å². The van der Waals surface area contributed by atoms with Crippen LogP contribution in [0.2, 0.25) is 0 Å². The van der Waals surface area contributed by atoms with Crippen molar-refractivity contribution in [2.75, 3.05) is 0 Å². The van der Waals surface area contributed by atoms with E-state index in [2.05, 4.69) is 6.92 Å². The van der Waals surface area contributed by atoms with Crippen LogP contribution >= 0.6 is 0 Å². The molecular weight excluding hydrogens is 356 g/mol. The van der Waals surface area contributed by atoms with Gasteiger partial charge in [0.25, 0.3) is 0 Å². The van der Waals surface area contributed by atoms with Gasteiger partial charge in [0, 0.05) is 6.42 Å². The summed E-state index contributed by atoms with van der Waals surface area (Å²) < 4.78 is 0. The second kappa shape index (κ2) is 19.4. The standard InChI is InChI=1S/C27H52O2/c1-2-3-4-18-21-25-24-26(25)22-19-16-14-12-10-8-6-5-7-9-11-13-15-17-20-23-27(28)29/h25-26H,2-24H2,1H3,(H,28,29). The van der Waals surface area contributed by atoms with Gasteiger partial charge in [0.2, 0.25) is 0 Å². The molecule has 172 valence electrons. The smallest absolute Gasteiger partial charge is 0.303 e. The average Bonchev–Trinajstić information content (AvgIpc) is 3.45. The lowest BCUT2D eigenvalue weighted by Gasteiger charge is -2.04. The highest BCUT2D eigenvalue weighted by molar-refractivity contribution is 5.66. The van der Waals surface area contributed by atoms with Gasteiger partial charge < -0.3 is 5.11 Å². The van der Waals surface area contributed by atoms with Crippen LogP contribution in [0.1, 0.15) is 155 Å². The van der Waals surface area contributed by atoms with Crippen LogP contribution in [0, 0.1) is 11.8 Å². The number of carboxylic acids is 1. The van der Waals surface area contributed by atoms with Crippen molar-refractivity contribution in [2.24, 2.45) is 11.8 Å². The first kappa shape index (κ1) is 26.5. The van der Waals surface area contributed by atoms with Crippen molar-refractivity contribution in [3.8, 4) is 0 Å². The maximum absolute atomic E-state index is 10.4. The van der Waals surface area contributed by atoms with E-state index in [1.165, 1.54) is 122 Å². The summed E-state index contributed by atoms with van der Waals surface area (Å²) in [7, 11) is 0. The molecule has 0 heterocycles. The van der Waals surface area contributed by atoms with E-state index in [-0.39, 0.29) is 0 Å². The van der Waals surface area contributed by atoms with E-state index in [0.29, 0.717) is 6.42 Å². The summed E-state index contributed by atoms with van der Waals surface area (Å²) in [4.78, 5) is 10.4. The van der Waals surface area contributed by atoms with Crippen molar-refractivity contribution in [3.63, 3.8) is 0 Å². The van der Waals surface area contributed by atoms with Gasteiger partial charge in [0.1, 0.15) is 0 Å². The number of aliphatic carboxylic acids is 1. The number of rotatable bonds is 23. The monoisotopic (exact) mass is 408 g/mol. The molecular formula is C27H52O2. The Balaban J connectivity index is 1.66. The number of hydrogen-bond donors (Lipinski definition) is 1. The Labute approximate surface area is 182 Å². The van der Waals surface area contributed by atoms with Gasteiger partial charge in [-0.3, -0.25) is 4.79 Å². The molecule has 29 heavy (non-hydrogen) atoms. The Bertz CT molecular complexity index is 366. The lowest BCUT2D eigenvalue weighted by molar-refractivity contribution is -0.137. The Morgan fingerprint density at radius 2 is 0.931 bits per heavy atom. The molecule has 0 radical (unpaired) electrons. The first-order valence-electron chi connectivity index (χ1n) is 13.5.